The molecule has 3 aliphatic heterocycles. The van der Waals surface area contributed by atoms with E-state index in [2.05, 4.69) is 5.32 Å². The third kappa shape index (κ3) is 2.91. The minimum atomic E-state index is -1.12. The first-order valence-corrected chi connectivity index (χ1v) is 9.62. The number of fused-ring (bicyclic) bond motifs is 1. The van der Waals surface area contributed by atoms with E-state index in [4.69, 9.17) is 0 Å². The van der Waals surface area contributed by atoms with Gasteiger partial charge < -0.3 is 25.3 Å². The van der Waals surface area contributed by atoms with Crippen molar-refractivity contribution >= 4 is 29.5 Å². The number of rotatable bonds is 5. The summed E-state index contributed by atoms with van der Waals surface area (Å²) in [5.74, 6) is -2.14. The van der Waals surface area contributed by atoms with E-state index in [0.717, 1.165) is 0 Å². The minimum absolute atomic E-state index is 0.00757. The highest BCUT2D eigenvalue weighted by atomic mass is 32.2. The molecule has 144 valence electrons. The van der Waals surface area contributed by atoms with Crippen LogP contribution in [0.15, 0.2) is 10.6 Å². The molecule has 2 amide bonds. The fourth-order valence-corrected chi connectivity index (χ4v) is 5.63. The van der Waals surface area contributed by atoms with E-state index < -0.39 is 18.0 Å². The van der Waals surface area contributed by atoms with E-state index in [1.54, 1.807) is 25.9 Å². The first kappa shape index (κ1) is 19.2. The number of hydrogen-bond acceptors (Lipinski definition) is 6. The molecule has 2 saturated heterocycles. The quantitative estimate of drug-likeness (QED) is 0.559. The van der Waals surface area contributed by atoms with Gasteiger partial charge in [0.25, 0.3) is 0 Å². The van der Waals surface area contributed by atoms with Crippen molar-refractivity contribution in [3.63, 3.8) is 0 Å². The topological polar surface area (TPSA) is 110 Å². The van der Waals surface area contributed by atoms with Crippen LogP contribution in [0.1, 0.15) is 20.3 Å². The smallest absolute Gasteiger partial charge is 0.353 e. The second-order valence-electron chi connectivity index (χ2n) is 7.44. The van der Waals surface area contributed by atoms with Gasteiger partial charge in [0.05, 0.1) is 24.1 Å². The van der Waals surface area contributed by atoms with E-state index >= 15 is 0 Å². The lowest BCUT2D eigenvalue weighted by Gasteiger charge is -2.46. The van der Waals surface area contributed by atoms with Crippen LogP contribution in [-0.4, -0.2) is 81.9 Å². The maximum Gasteiger partial charge on any atom is 0.353 e. The van der Waals surface area contributed by atoms with E-state index in [0.29, 0.717) is 17.9 Å². The van der Waals surface area contributed by atoms with Crippen LogP contribution < -0.4 is 5.32 Å². The Hall–Kier alpha value is -1.58. The van der Waals surface area contributed by atoms with Crippen molar-refractivity contribution in [3.05, 3.63) is 10.6 Å². The number of amides is 2. The van der Waals surface area contributed by atoms with Crippen molar-refractivity contribution in [1.29, 1.82) is 0 Å². The van der Waals surface area contributed by atoms with Gasteiger partial charge in [0.2, 0.25) is 11.8 Å². The molecule has 26 heavy (non-hydrogen) atoms. The number of thioether (sulfide) groups is 1. The number of hydrogen-bond donors (Lipinski definition) is 3. The summed E-state index contributed by atoms with van der Waals surface area (Å²) < 4.78 is 0. The number of β-lactam (4-membered cyclic amide) rings is 1. The zero-order chi connectivity index (χ0) is 19.3. The normalized spacial score (nSPS) is 34.6. The molecule has 3 aliphatic rings. The molecule has 0 saturated carbocycles. The average Bonchev–Trinajstić information content (AvgIpc) is 3.09. The summed E-state index contributed by atoms with van der Waals surface area (Å²) in [7, 11) is 3.42. The molecule has 9 heteroatoms. The molecule has 8 nitrogen and oxygen atoms in total. The Bertz CT molecular complexity index is 677. The number of carbonyl (C=O) groups excluding carboxylic acids is 2. The van der Waals surface area contributed by atoms with Crippen molar-refractivity contribution in [2.45, 2.75) is 43.7 Å². The van der Waals surface area contributed by atoms with Gasteiger partial charge in [-0.15, -0.1) is 11.8 Å². The summed E-state index contributed by atoms with van der Waals surface area (Å²) in [6.07, 6.45) is -0.190. The highest BCUT2D eigenvalue weighted by molar-refractivity contribution is 8.03. The standard InChI is InChI=1S/C17H25N3O5S/c1-7-12-11(8(2)21)16(23)20(12)13(17(24)25)14(7)26-9-5-10(18-6-9)15(22)19(3)4/h7-12,18,21H,5-6H2,1-4H3,(H,24,25)/t7-,8-,9?,10?,11-,12-/m1/s1. The molecule has 3 N–H and O–H groups in total. The van der Waals surface area contributed by atoms with Gasteiger partial charge in [0.1, 0.15) is 5.70 Å². The number of nitrogens with one attached hydrogen (secondary N) is 1. The number of carbonyl (C=O) groups is 3. The predicted molar refractivity (Wildman–Crippen MR) is 96.1 cm³/mol. The molecule has 0 aliphatic carbocycles. The SMILES string of the molecule is C[C@@H](O)[C@H]1C(=O)N2C(C(=O)O)=C(SC3CNC(C(=O)N(C)C)C3)[C@H](C)[C@H]12. The lowest BCUT2D eigenvalue weighted by Crippen LogP contribution is -2.63. The molecule has 3 rings (SSSR count). The Labute approximate surface area is 156 Å². The molecule has 0 spiro atoms. The molecule has 2 fully saturated rings. The van der Waals surface area contributed by atoms with Crippen LogP contribution in [0.4, 0.5) is 0 Å². The van der Waals surface area contributed by atoms with Crippen LogP contribution in [0.2, 0.25) is 0 Å². The number of carboxylic acids is 1. The van der Waals surface area contributed by atoms with Crippen molar-refractivity contribution in [3.8, 4) is 0 Å². The molecule has 0 bridgehead atoms. The summed E-state index contributed by atoms with van der Waals surface area (Å²) in [5, 5.41) is 22.8. The zero-order valence-electron chi connectivity index (χ0n) is 15.3. The van der Waals surface area contributed by atoms with Crippen LogP contribution in [0, 0.1) is 11.8 Å². The maximum atomic E-state index is 12.3. The van der Waals surface area contributed by atoms with Crippen molar-refractivity contribution in [2.24, 2.45) is 11.8 Å². The third-order valence-electron chi connectivity index (χ3n) is 5.43. The molecule has 0 aromatic carbocycles. The molecule has 0 radical (unpaired) electrons. The number of carboxylic acid groups (broad SMARTS) is 1. The fraction of sp³-hybridized carbons (Fsp3) is 0.706. The molecule has 0 aromatic heterocycles. The Morgan fingerprint density at radius 2 is 2.04 bits per heavy atom. The van der Waals surface area contributed by atoms with Crippen LogP contribution >= 0.6 is 11.8 Å². The number of nitrogens with zero attached hydrogens (tertiary/aromatic N) is 2. The highest BCUT2D eigenvalue weighted by Crippen LogP contribution is 2.51. The second-order valence-corrected chi connectivity index (χ2v) is 8.78. The number of likely N-dealkylation sites (N-methyl/N-ethyl adjacent to an activating group) is 1. The van der Waals surface area contributed by atoms with Crippen molar-refractivity contribution in [1.82, 2.24) is 15.1 Å². The number of aliphatic hydroxyl groups excluding tert-OH is 1. The Kier molecular flexibility index (Phi) is 5.06. The van der Waals surface area contributed by atoms with Gasteiger partial charge in [-0.3, -0.25) is 9.59 Å². The Morgan fingerprint density at radius 1 is 1.38 bits per heavy atom. The summed E-state index contributed by atoms with van der Waals surface area (Å²) in [5.41, 5.74) is 0.0387. The first-order valence-electron chi connectivity index (χ1n) is 8.75. The average molecular weight is 383 g/mol. The van der Waals surface area contributed by atoms with Gasteiger partial charge in [-0.05, 0) is 13.3 Å². The van der Waals surface area contributed by atoms with Gasteiger partial charge in [-0.25, -0.2) is 4.79 Å². The highest BCUT2D eigenvalue weighted by Gasteiger charge is 2.60. The van der Waals surface area contributed by atoms with Gasteiger partial charge in [0.15, 0.2) is 0 Å². The van der Waals surface area contributed by atoms with Gasteiger partial charge in [-0.2, -0.15) is 0 Å². The molecular formula is C17H25N3O5S. The second kappa shape index (κ2) is 6.86. The number of aliphatic carboxylic acids is 1. The minimum Gasteiger partial charge on any atom is -0.477 e. The summed E-state index contributed by atoms with van der Waals surface area (Å²) in [4.78, 5) is 39.8. The lowest BCUT2D eigenvalue weighted by atomic mass is 9.79. The summed E-state index contributed by atoms with van der Waals surface area (Å²) in [6.45, 7) is 4.08. The summed E-state index contributed by atoms with van der Waals surface area (Å²) >= 11 is 1.45. The third-order valence-corrected chi connectivity index (χ3v) is 6.95. The van der Waals surface area contributed by atoms with E-state index in [1.165, 1.54) is 16.7 Å². The predicted octanol–water partition coefficient (Wildman–Crippen LogP) is -0.308. The van der Waals surface area contributed by atoms with Gasteiger partial charge in [0, 0.05) is 36.7 Å². The van der Waals surface area contributed by atoms with E-state index in [1.807, 2.05) is 6.92 Å². The molecule has 6 atom stereocenters. The van der Waals surface area contributed by atoms with Gasteiger partial charge >= 0.3 is 5.97 Å². The van der Waals surface area contributed by atoms with Crippen molar-refractivity contribution < 1.29 is 24.6 Å². The monoisotopic (exact) mass is 383 g/mol. The number of aliphatic hydroxyl groups is 1. The Morgan fingerprint density at radius 3 is 2.58 bits per heavy atom. The van der Waals surface area contributed by atoms with Crippen molar-refractivity contribution in [2.75, 3.05) is 20.6 Å². The zero-order valence-corrected chi connectivity index (χ0v) is 16.1. The molecule has 3 heterocycles. The molecule has 2 unspecified atom stereocenters. The van der Waals surface area contributed by atoms with Crippen LogP contribution in [-0.2, 0) is 14.4 Å². The largest absolute Gasteiger partial charge is 0.477 e. The summed E-state index contributed by atoms with van der Waals surface area (Å²) in [6, 6.07) is -0.568. The van der Waals surface area contributed by atoms with Crippen LogP contribution in [0.5, 0.6) is 0 Å². The molecule has 0 aromatic rings. The Balaban J connectivity index is 1.78. The first-order chi connectivity index (χ1) is 12.1. The van der Waals surface area contributed by atoms with Crippen LogP contribution in [0.3, 0.4) is 0 Å². The van der Waals surface area contributed by atoms with E-state index in [-0.39, 0.29) is 40.8 Å². The maximum absolute atomic E-state index is 12.3. The lowest BCUT2D eigenvalue weighted by molar-refractivity contribution is -0.163. The fourth-order valence-electron chi connectivity index (χ4n) is 4.15. The van der Waals surface area contributed by atoms with Crippen LogP contribution in [0.25, 0.3) is 0 Å². The molecular weight excluding hydrogens is 358 g/mol. The van der Waals surface area contributed by atoms with E-state index in [9.17, 15) is 24.6 Å². The van der Waals surface area contributed by atoms with Gasteiger partial charge in [-0.1, -0.05) is 6.92 Å².